The van der Waals surface area contributed by atoms with Crippen molar-refractivity contribution in [3.8, 4) is 11.3 Å². The summed E-state index contributed by atoms with van der Waals surface area (Å²) in [5, 5.41) is 5.00. The Hall–Kier alpha value is -3.77. The Balaban J connectivity index is 1.26. The van der Waals surface area contributed by atoms with Crippen LogP contribution in [0.2, 0.25) is 5.02 Å². The Bertz CT molecular complexity index is 1460. The average molecular weight is 513 g/mol. The van der Waals surface area contributed by atoms with E-state index in [2.05, 4.69) is 21.9 Å². The van der Waals surface area contributed by atoms with E-state index < -0.39 is 0 Å². The van der Waals surface area contributed by atoms with Gasteiger partial charge in [0.1, 0.15) is 5.78 Å². The average Bonchev–Trinajstić information content (AvgIpc) is 3.34. The number of benzene rings is 2. The van der Waals surface area contributed by atoms with Crippen LogP contribution in [0.4, 0.5) is 5.95 Å². The molecule has 1 aliphatic carbocycles. The fraction of sp³-hybridized carbons (Fsp3) is 0.267. The minimum absolute atomic E-state index is 0.0231. The molecular formula is C30H29ClN4O2. The quantitative estimate of drug-likeness (QED) is 0.255. The Labute approximate surface area is 221 Å². The van der Waals surface area contributed by atoms with E-state index >= 15 is 0 Å². The molecule has 188 valence electrons. The molecule has 2 aromatic heterocycles. The van der Waals surface area contributed by atoms with E-state index in [1.54, 1.807) is 6.20 Å². The number of halogens is 1. The van der Waals surface area contributed by atoms with Gasteiger partial charge in [0.05, 0.1) is 16.9 Å². The third-order valence-electron chi connectivity index (χ3n) is 7.03. The van der Waals surface area contributed by atoms with E-state index in [0.29, 0.717) is 29.5 Å². The predicted molar refractivity (Wildman–Crippen MR) is 148 cm³/mol. The van der Waals surface area contributed by atoms with Crippen molar-refractivity contribution in [3.63, 3.8) is 0 Å². The summed E-state index contributed by atoms with van der Waals surface area (Å²) in [6, 6.07) is 15.9. The van der Waals surface area contributed by atoms with E-state index in [1.165, 1.54) is 6.08 Å². The van der Waals surface area contributed by atoms with Gasteiger partial charge in [0.15, 0.2) is 5.78 Å². The maximum Gasteiger partial charge on any atom is 0.223 e. The maximum absolute atomic E-state index is 13.2. The van der Waals surface area contributed by atoms with Crippen LogP contribution in [0.3, 0.4) is 0 Å². The largest absolute Gasteiger partial charge is 0.360 e. The Morgan fingerprint density at radius 3 is 2.76 bits per heavy atom. The van der Waals surface area contributed by atoms with Crippen molar-refractivity contribution in [3.05, 3.63) is 89.7 Å². The number of hydrogen-bond acceptors (Lipinski definition) is 5. The van der Waals surface area contributed by atoms with Crippen LogP contribution in [-0.4, -0.2) is 32.6 Å². The van der Waals surface area contributed by atoms with Crippen molar-refractivity contribution in [2.45, 2.75) is 44.6 Å². The molecule has 0 amide bonds. The highest BCUT2D eigenvalue weighted by atomic mass is 35.5. The summed E-state index contributed by atoms with van der Waals surface area (Å²) in [5.74, 6) is 0.699. The number of Topliss-reactive ketones (excluding diaryl/α,β-unsaturated/α-hetero) is 1. The molecule has 6 nitrogen and oxygen atoms in total. The smallest absolute Gasteiger partial charge is 0.223 e. The summed E-state index contributed by atoms with van der Waals surface area (Å²) < 4.78 is 0. The number of allylic oxidation sites excluding steroid dienone is 1. The minimum Gasteiger partial charge on any atom is -0.360 e. The number of rotatable bonds is 9. The number of nitrogens with one attached hydrogen (secondary N) is 2. The van der Waals surface area contributed by atoms with Crippen molar-refractivity contribution in [2.75, 3.05) is 5.32 Å². The molecule has 1 saturated carbocycles. The third-order valence-corrected chi connectivity index (χ3v) is 7.30. The van der Waals surface area contributed by atoms with Crippen LogP contribution in [0.25, 0.3) is 22.2 Å². The molecule has 7 heteroatoms. The molecule has 37 heavy (non-hydrogen) atoms. The molecule has 2 atom stereocenters. The van der Waals surface area contributed by atoms with Gasteiger partial charge in [-0.15, -0.1) is 0 Å². The number of nitrogens with zero attached hydrogens (tertiary/aromatic N) is 2. The molecule has 4 aromatic rings. The summed E-state index contributed by atoms with van der Waals surface area (Å²) in [5.41, 5.74) is 4.48. The van der Waals surface area contributed by atoms with Gasteiger partial charge in [0.25, 0.3) is 0 Å². The van der Waals surface area contributed by atoms with Crippen LogP contribution in [0.5, 0.6) is 0 Å². The highest BCUT2D eigenvalue weighted by Gasteiger charge is 2.28. The first-order valence-corrected chi connectivity index (χ1v) is 13.0. The molecule has 1 fully saturated rings. The SMILES string of the molecule is C=CC(=O)Cc1cccc(CC(=O)[C@H]2CCCC(Nc3ncc(Cl)c(-c4c[nH]c5ccccc45)n3)C2)c1. The van der Waals surface area contributed by atoms with Gasteiger partial charge < -0.3 is 10.3 Å². The number of ketones is 2. The molecule has 1 unspecified atom stereocenters. The van der Waals surface area contributed by atoms with Crippen LogP contribution in [-0.2, 0) is 22.4 Å². The van der Waals surface area contributed by atoms with Crippen LogP contribution >= 0.6 is 11.6 Å². The molecule has 2 heterocycles. The number of aromatic amines is 1. The number of carbonyl (C=O) groups is 2. The number of para-hydroxylation sites is 1. The second-order valence-corrected chi connectivity index (χ2v) is 10.1. The minimum atomic E-state index is -0.0260. The molecule has 0 bridgehead atoms. The standard InChI is InChI=1S/C30H29ClN4O2/c1-2-23(36)14-19-7-5-8-20(13-19)15-28(37)21-9-6-10-22(16-21)34-30-33-18-26(31)29(35-30)25-17-32-27-12-4-3-11-24(25)27/h2-5,7-8,11-13,17-18,21-22,32H,1,6,9-10,14-16H2,(H,33,34,35)/t21-,22?/m0/s1. The molecule has 0 spiro atoms. The number of aromatic nitrogens is 3. The third kappa shape index (κ3) is 5.81. The van der Waals surface area contributed by atoms with Gasteiger partial charge >= 0.3 is 0 Å². The molecule has 0 saturated heterocycles. The van der Waals surface area contributed by atoms with Crippen molar-refractivity contribution < 1.29 is 9.59 Å². The summed E-state index contributed by atoms with van der Waals surface area (Å²) in [7, 11) is 0. The van der Waals surface area contributed by atoms with E-state index in [4.69, 9.17) is 16.6 Å². The lowest BCUT2D eigenvalue weighted by Crippen LogP contribution is -2.32. The number of carbonyl (C=O) groups excluding carboxylic acids is 2. The number of H-pyrrole nitrogens is 1. The lowest BCUT2D eigenvalue weighted by atomic mass is 9.81. The normalized spacial score (nSPS) is 17.4. The summed E-state index contributed by atoms with van der Waals surface area (Å²) >= 11 is 6.48. The van der Waals surface area contributed by atoms with Gasteiger partial charge in [0.2, 0.25) is 5.95 Å². The summed E-state index contributed by atoms with van der Waals surface area (Å²) in [4.78, 5) is 37.3. The molecule has 0 aliphatic heterocycles. The van der Waals surface area contributed by atoms with Gasteiger partial charge in [-0.2, -0.15) is 0 Å². The topological polar surface area (TPSA) is 87.7 Å². The zero-order valence-electron chi connectivity index (χ0n) is 20.5. The van der Waals surface area contributed by atoms with Gasteiger partial charge in [0, 0.05) is 47.5 Å². The predicted octanol–water partition coefficient (Wildman–Crippen LogP) is 6.36. The molecule has 0 radical (unpaired) electrons. The van der Waals surface area contributed by atoms with E-state index in [-0.39, 0.29) is 23.5 Å². The number of anilines is 1. The van der Waals surface area contributed by atoms with Gasteiger partial charge in [-0.25, -0.2) is 9.97 Å². The van der Waals surface area contributed by atoms with Gasteiger partial charge in [-0.3, -0.25) is 9.59 Å². The van der Waals surface area contributed by atoms with E-state index in [0.717, 1.165) is 53.3 Å². The fourth-order valence-corrected chi connectivity index (χ4v) is 5.35. The second-order valence-electron chi connectivity index (χ2n) is 9.65. The zero-order valence-corrected chi connectivity index (χ0v) is 21.3. The van der Waals surface area contributed by atoms with Crippen molar-refractivity contribution in [2.24, 2.45) is 5.92 Å². The first-order valence-electron chi connectivity index (χ1n) is 12.6. The van der Waals surface area contributed by atoms with E-state index in [9.17, 15) is 9.59 Å². The van der Waals surface area contributed by atoms with E-state index in [1.807, 2.05) is 54.7 Å². The number of fused-ring (bicyclic) bond motifs is 1. The second kappa shape index (κ2) is 11.1. The molecular weight excluding hydrogens is 484 g/mol. The van der Waals surface area contributed by atoms with Crippen LogP contribution < -0.4 is 5.32 Å². The molecule has 2 N–H and O–H groups in total. The van der Waals surface area contributed by atoms with Crippen LogP contribution in [0.15, 0.2) is 73.6 Å². The van der Waals surface area contributed by atoms with Gasteiger partial charge in [-0.05, 0) is 42.5 Å². The lowest BCUT2D eigenvalue weighted by Gasteiger charge is -2.29. The zero-order chi connectivity index (χ0) is 25.8. The molecule has 5 rings (SSSR count). The maximum atomic E-state index is 13.2. The highest BCUT2D eigenvalue weighted by molar-refractivity contribution is 6.33. The summed E-state index contributed by atoms with van der Waals surface area (Å²) in [6.07, 6.45) is 9.10. The number of hydrogen-bond donors (Lipinski definition) is 2. The van der Waals surface area contributed by atoms with Crippen molar-refractivity contribution in [1.82, 2.24) is 15.0 Å². The molecule has 1 aliphatic rings. The monoisotopic (exact) mass is 512 g/mol. The van der Waals surface area contributed by atoms with Gasteiger partial charge in [-0.1, -0.05) is 67.1 Å². The Morgan fingerprint density at radius 1 is 1.11 bits per heavy atom. The van der Waals surface area contributed by atoms with Crippen LogP contribution in [0, 0.1) is 5.92 Å². The fourth-order valence-electron chi connectivity index (χ4n) is 5.16. The Morgan fingerprint density at radius 2 is 1.92 bits per heavy atom. The Kier molecular flexibility index (Phi) is 7.47. The highest BCUT2D eigenvalue weighted by Crippen LogP contribution is 2.33. The first kappa shape index (κ1) is 24.9. The molecule has 2 aromatic carbocycles. The van der Waals surface area contributed by atoms with Crippen molar-refractivity contribution in [1.29, 1.82) is 0 Å². The van der Waals surface area contributed by atoms with Crippen LogP contribution in [0.1, 0.15) is 36.8 Å². The summed E-state index contributed by atoms with van der Waals surface area (Å²) in [6.45, 7) is 3.53. The first-order chi connectivity index (χ1) is 18.0. The lowest BCUT2D eigenvalue weighted by molar-refractivity contribution is -0.123. The van der Waals surface area contributed by atoms with Crippen molar-refractivity contribution >= 4 is 40.0 Å².